The summed E-state index contributed by atoms with van der Waals surface area (Å²) in [7, 11) is 3.76. The van der Waals surface area contributed by atoms with E-state index in [-0.39, 0.29) is 24.6 Å². The quantitative estimate of drug-likeness (QED) is 0.809. The monoisotopic (exact) mass is 344 g/mol. The SMILES string of the molecule is CN(C)c1cccc(C(=O)NC(CCC(=O)O)c2ccc(F)cc2)c1. The number of rotatable bonds is 7. The molecule has 0 saturated heterocycles. The van der Waals surface area contributed by atoms with Crippen molar-refractivity contribution in [3.63, 3.8) is 0 Å². The van der Waals surface area contributed by atoms with E-state index in [0.29, 0.717) is 11.1 Å². The second-order valence-corrected chi connectivity index (χ2v) is 5.95. The van der Waals surface area contributed by atoms with Gasteiger partial charge in [0.15, 0.2) is 0 Å². The molecule has 5 nitrogen and oxygen atoms in total. The highest BCUT2D eigenvalue weighted by Gasteiger charge is 2.17. The topological polar surface area (TPSA) is 69.6 Å². The molecule has 25 heavy (non-hydrogen) atoms. The van der Waals surface area contributed by atoms with Gasteiger partial charge in [0.05, 0.1) is 6.04 Å². The van der Waals surface area contributed by atoms with E-state index in [1.807, 2.05) is 25.1 Å². The zero-order chi connectivity index (χ0) is 18.4. The van der Waals surface area contributed by atoms with E-state index in [0.717, 1.165) is 5.69 Å². The van der Waals surface area contributed by atoms with Gasteiger partial charge in [-0.05, 0) is 42.3 Å². The Kier molecular flexibility index (Phi) is 6.11. The number of carbonyl (C=O) groups excluding carboxylic acids is 1. The zero-order valence-corrected chi connectivity index (χ0v) is 14.2. The summed E-state index contributed by atoms with van der Waals surface area (Å²) in [5.74, 6) is -1.63. The molecule has 1 amide bonds. The predicted molar refractivity (Wildman–Crippen MR) is 94.2 cm³/mol. The number of nitrogens with one attached hydrogen (secondary N) is 1. The van der Waals surface area contributed by atoms with Crippen LogP contribution in [0.5, 0.6) is 0 Å². The van der Waals surface area contributed by atoms with Gasteiger partial charge in [-0.15, -0.1) is 0 Å². The standard InChI is InChI=1S/C19H21FN2O3/c1-22(2)16-5-3-4-14(12-16)19(25)21-17(10-11-18(23)24)13-6-8-15(20)9-7-13/h3-9,12,17H,10-11H2,1-2H3,(H,21,25)(H,23,24). The molecular weight excluding hydrogens is 323 g/mol. The highest BCUT2D eigenvalue weighted by molar-refractivity contribution is 5.95. The Labute approximate surface area is 146 Å². The van der Waals surface area contributed by atoms with Gasteiger partial charge in [-0.1, -0.05) is 18.2 Å². The van der Waals surface area contributed by atoms with Gasteiger partial charge in [0.1, 0.15) is 5.82 Å². The number of aliphatic carboxylic acids is 1. The Hall–Kier alpha value is -2.89. The van der Waals surface area contributed by atoms with Gasteiger partial charge in [0.2, 0.25) is 0 Å². The number of benzene rings is 2. The van der Waals surface area contributed by atoms with Crippen LogP contribution in [0.1, 0.15) is 34.8 Å². The van der Waals surface area contributed by atoms with Crippen molar-refractivity contribution in [2.24, 2.45) is 0 Å². The van der Waals surface area contributed by atoms with Gasteiger partial charge in [-0.3, -0.25) is 9.59 Å². The Bertz CT molecular complexity index is 745. The van der Waals surface area contributed by atoms with E-state index < -0.39 is 12.0 Å². The summed E-state index contributed by atoms with van der Waals surface area (Å²) in [5.41, 5.74) is 2.03. The van der Waals surface area contributed by atoms with Crippen LogP contribution in [0.25, 0.3) is 0 Å². The fraction of sp³-hybridized carbons (Fsp3) is 0.263. The summed E-state index contributed by atoms with van der Waals surface area (Å²) in [6.45, 7) is 0. The lowest BCUT2D eigenvalue weighted by Crippen LogP contribution is -2.29. The molecule has 0 aromatic heterocycles. The van der Waals surface area contributed by atoms with Crippen molar-refractivity contribution in [3.05, 3.63) is 65.5 Å². The number of carbonyl (C=O) groups is 2. The van der Waals surface area contributed by atoms with Crippen LogP contribution in [0.15, 0.2) is 48.5 Å². The number of carboxylic acid groups (broad SMARTS) is 1. The highest BCUT2D eigenvalue weighted by Crippen LogP contribution is 2.21. The fourth-order valence-corrected chi connectivity index (χ4v) is 2.45. The van der Waals surface area contributed by atoms with Crippen LogP contribution in [0.4, 0.5) is 10.1 Å². The van der Waals surface area contributed by atoms with Crippen LogP contribution in [0, 0.1) is 5.82 Å². The molecule has 2 aromatic carbocycles. The van der Waals surface area contributed by atoms with Crippen LogP contribution >= 0.6 is 0 Å². The average molecular weight is 344 g/mol. The molecule has 0 fully saturated rings. The van der Waals surface area contributed by atoms with Crippen LogP contribution in [0.2, 0.25) is 0 Å². The summed E-state index contributed by atoms with van der Waals surface area (Å²) in [6, 6.07) is 12.3. The summed E-state index contributed by atoms with van der Waals surface area (Å²) in [4.78, 5) is 25.3. The molecule has 0 aliphatic carbocycles. The summed E-state index contributed by atoms with van der Waals surface area (Å²) in [6.07, 6.45) is 0.125. The van der Waals surface area contributed by atoms with Crippen LogP contribution in [-0.2, 0) is 4.79 Å². The van der Waals surface area contributed by atoms with E-state index in [2.05, 4.69) is 5.32 Å². The van der Waals surface area contributed by atoms with Crippen molar-refractivity contribution in [2.45, 2.75) is 18.9 Å². The lowest BCUT2D eigenvalue weighted by molar-refractivity contribution is -0.137. The molecule has 0 saturated carbocycles. The molecule has 0 spiro atoms. The van der Waals surface area contributed by atoms with Gasteiger partial charge in [0.25, 0.3) is 5.91 Å². The lowest BCUT2D eigenvalue weighted by atomic mass is 10.0. The smallest absolute Gasteiger partial charge is 0.303 e. The number of halogens is 1. The number of nitrogens with zero attached hydrogens (tertiary/aromatic N) is 1. The summed E-state index contributed by atoms with van der Waals surface area (Å²) >= 11 is 0. The van der Waals surface area contributed by atoms with Crippen molar-refractivity contribution in [3.8, 4) is 0 Å². The minimum atomic E-state index is -0.948. The maximum atomic E-state index is 13.1. The molecule has 2 aromatic rings. The van der Waals surface area contributed by atoms with Gasteiger partial charge >= 0.3 is 5.97 Å². The molecule has 2 rings (SSSR count). The zero-order valence-electron chi connectivity index (χ0n) is 14.2. The third kappa shape index (κ3) is 5.31. The van der Waals surface area contributed by atoms with E-state index in [9.17, 15) is 14.0 Å². The maximum absolute atomic E-state index is 13.1. The van der Waals surface area contributed by atoms with Crippen LogP contribution in [0.3, 0.4) is 0 Å². The molecule has 132 valence electrons. The first kappa shape index (κ1) is 18.4. The van der Waals surface area contributed by atoms with Gasteiger partial charge in [-0.25, -0.2) is 4.39 Å². The molecule has 6 heteroatoms. The Morgan fingerprint density at radius 2 is 1.84 bits per heavy atom. The Morgan fingerprint density at radius 1 is 1.16 bits per heavy atom. The third-order valence-electron chi connectivity index (χ3n) is 3.85. The van der Waals surface area contributed by atoms with Crippen molar-refractivity contribution in [1.82, 2.24) is 5.32 Å². The normalized spacial score (nSPS) is 11.6. The Balaban J connectivity index is 2.20. The minimum Gasteiger partial charge on any atom is -0.481 e. The molecule has 0 radical (unpaired) electrons. The second-order valence-electron chi connectivity index (χ2n) is 5.95. The van der Waals surface area contributed by atoms with Crippen molar-refractivity contribution >= 4 is 17.6 Å². The molecule has 1 atom stereocenters. The second kappa shape index (κ2) is 8.28. The summed E-state index contributed by atoms with van der Waals surface area (Å²) < 4.78 is 13.1. The lowest BCUT2D eigenvalue weighted by Gasteiger charge is -2.19. The molecule has 0 bridgehead atoms. The first-order valence-corrected chi connectivity index (χ1v) is 7.92. The van der Waals surface area contributed by atoms with Crippen molar-refractivity contribution in [2.75, 3.05) is 19.0 Å². The van der Waals surface area contributed by atoms with E-state index in [4.69, 9.17) is 5.11 Å². The predicted octanol–water partition coefficient (Wildman–Crippen LogP) is 3.23. The van der Waals surface area contributed by atoms with Gasteiger partial charge in [0, 0.05) is 31.8 Å². The highest BCUT2D eigenvalue weighted by atomic mass is 19.1. The largest absolute Gasteiger partial charge is 0.481 e. The molecule has 0 heterocycles. The average Bonchev–Trinajstić information content (AvgIpc) is 2.59. The number of carboxylic acids is 1. The fourth-order valence-electron chi connectivity index (χ4n) is 2.45. The van der Waals surface area contributed by atoms with E-state index in [1.54, 1.807) is 30.3 Å². The molecule has 2 N–H and O–H groups in total. The molecule has 1 unspecified atom stereocenters. The van der Waals surface area contributed by atoms with E-state index in [1.165, 1.54) is 12.1 Å². The minimum absolute atomic E-state index is 0.0972. The van der Waals surface area contributed by atoms with Crippen LogP contribution < -0.4 is 10.2 Å². The van der Waals surface area contributed by atoms with E-state index >= 15 is 0 Å². The first-order valence-electron chi connectivity index (χ1n) is 7.92. The first-order chi connectivity index (χ1) is 11.9. The van der Waals surface area contributed by atoms with Crippen molar-refractivity contribution < 1.29 is 19.1 Å². The Morgan fingerprint density at radius 3 is 2.44 bits per heavy atom. The molecule has 0 aliphatic rings. The number of amides is 1. The molecule has 0 aliphatic heterocycles. The van der Waals surface area contributed by atoms with Gasteiger partial charge < -0.3 is 15.3 Å². The van der Waals surface area contributed by atoms with Gasteiger partial charge in [-0.2, -0.15) is 0 Å². The third-order valence-corrected chi connectivity index (χ3v) is 3.85. The number of hydrogen-bond donors (Lipinski definition) is 2. The number of anilines is 1. The molecular formula is C19H21FN2O3. The summed E-state index contributed by atoms with van der Waals surface area (Å²) in [5, 5.41) is 11.8. The number of hydrogen-bond acceptors (Lipinski definition) is 3. The van der Waals surface area contributed by atoms with Crippen molar-refractivity contribution in [1.29, 1.82) is 0 Å². The van der Waals surface area contributed by atoms with Crippen LogP contribution in [-0.4, -0.2) is 31.1 Å². The maximum Gasteiger partial charge on any atom is 0.303 e.